The number of ether oxygens (including phenoxy) is 1. The number of aliphatic imine (C=N–C) groups is 1. The fraction of sp³-hybridized carbons (Fsp3) is 0.667. The van der Waals surface area contributed by atoms with E-state index in [1.54, 1.807) is 7.11 Å². The van der Waals surface area contributed by atoms with Crippen molar-refractivity contribution in [2.45, 2.75) is 31.1 Å². The summed E-state index contributed by atoms with van der Waals surface area (Å²) in [6.45, 7) is 6.18. The number of hydrogen-bond donors (Lipinski definition) is 2. The quantitative estimate of drug-likeness (QED) is 0.485. The van der Waals surface area contributed by atoms with Crippen molar-refractivity contribution in [2.24, 2.45) is 10.9 Å². The predicted octanol–water partition coefficient (Wildman–Crippen LogP) is 3.00. The average molecular weight is 437 g/mol. The van der Waals surface area contributed by atoms with Crippen LogP contribution in [0.4, 0.5) is 0 Å². The second-order valence-electron chi connectivity index (χ2n) is 7.88. The molecule has 0 amide bonds. The first-order valence-corrected chi connectivity index (χ1v) is 10.9. The summed E-state index contributed by atoms with van der Waals surface area (Å²) in [6, 6.07) is 8.72. The highest BCUT2D eigenvalue weighted by Crippen LogP contribution is 2.48. The molecule has 1 aromatic rings. The average Bonchev–Trinajstić information content (AvgIpc) is 3.48. The van der Waals surface area contributed by atoms with Crippen LogP contribution in [0.15, 0.2) is 33.7 Å². The normalized spacial score (nSPS) is 20.5. The molecule has 5 nitrogen and oxygen atoms in total. The molecule has 3 rings (SSSR count). The molecule has 1 aliphatic heterocycles. The second-order valence-corrected chi connectivity index (χ2v) is 8.79. The number of likely N-dealkylation sites (tertiary alicyclic amines) is 1. The van der Waals surface area contributed by atoms with Crippen LogP contribution in [0, 0.1) is 5.92 Å². The van der Waals surface area contributed by atoms with E-state index in [9.17, 15) is 0 Å². The third-order valence-corrected chi connectivity index (χ3v) is 6.48. The lowest BCUT2D eigenvalue weighted by Gasteiger charge is -2.32. The molecule has 1 saturated heterocycles. The first kappa shape index (κ1) is 20.6. The molecule has 2 aliphatic rings. The van der Waals surface area contributed by atoms with E-state index in [1.807, 2.05) is 7.05 Å². The van der Waals surface area contributed by atoms with Gasteiger partial charge >= 0.3 is 0 Å². The third-order valence-electron chi connectivity index (χ3n) is 5.99. The maximum Gasteiger partial charge on any atom is 0.191 e. The number of nitrogens with one attached hydrogen (secondary N) is 2. The Morgan fingerprint density at radius 1 is 1.30 bits per heavy atom. The fourth-order valence-electron chi connectivity index (χ4n) is 3.89. The van der Waals surface area contributed by atoms with Crippen molar-refractivity contribution in [1.82, 2.24) is 15.5 Å². The van der Waals surface area contributed by atoms with Gasteiger partial charge in [0.15, 0.2) is 5.96 Å². The van der Waals surface area contributed by atoms with Crippen molar-refractivity contribution in [3.8, 4) is 0 Å². The van der Waals surface area contributed by atoms with Crippen molar-refractivity contribution in [3.63, 3.8) is 0 Å². The van der Waals surface area contributed by atoms with Gasteiger partial charge in [-0.1, -0.05) is 28.1 Å². The minimum absolute atomic E-state index is 0.272. The largest absolute Gasteiger partial charge is 0.383 e. The molecular weight excluding hydrogens is 404 g/mol. The smallest absolute Gasteiger partial charge is 0.191 e. The summed E-state index contributed by atoms with van der Waals surface area (Å²) in [7, 11) is 3.64. The Hall–Kier alpha value is -1.11. The third kappa shape index (κ3) is 5.93. The molecule has 1 saturated carbocycles. The Balaban J connectivity index is 1.40. The van der Waals surface area contributed by atoms with E-state index >= 15 is 0 Å². The zero-order valence-electron chi connectivity index (χ0n) is 16.6. The minimum Gasteiger partial charge on any atom is -0.383 e. The molecule has 0 unspecified atom stereocenters. The van der Waals surface area contributed by atoms with Crippen LogP contribution in [0.2, 0.25) is 0 Å². The van der Waals surface area contributed by atoms with E-state index in [0.717, 1.165) is 42.6 Å². The summed E-state index contributed by atoms with van der Waals surface area (Å²) in [4.78, 5) is 6.93. The highest BCUT2D eigenvalue weighted by Gasteiger charge is 2.44. The van der Waals surface area contributed by atoms with Gasteiger partial charge in [0.05, 0.1) is 6.61 Å². The first-order valence-electron chi connectivity index (χ1n) is 10.1. The summed E-state index contributed by atoms with van der Waals surface area (Å²) >= 11 is 3.60. The molecule has 1 heterocycles. The summed E-state index contributed by atoms with van der Waals surface area (Å²) < 4.78 is 6.34. The van der Waals surface area contributed by atoms with Gasteiger partial charge in [-0.2, -0.15) is 0 Å². The molecule has 2 fully saturated rings. The maximum absolute atomic E-state index is 5.18. The zero-order chi connectivity index (χ0) is 19.1. The van der Waals surface area contributed by atoms with Crippen LogP contribution in [-0.4, -0.2) is 64.3 Å². The van der Waals surface area contributed by atoms with Crippen molar-refractivity contribution < 1.29 is 4.74 Å². The van der Waals surface area contributed by atoms with Gasteiger partial charge in [0.1, 0.15) is 0 Å². The highest BCUT2D eigenvalue weighted by atomic mass is 79.9. The van der Waals surface area contributed by atoms with E-state index in [-0.39, 0.29) is 5.41 Å². The number of nitrogens with zero attached hydrogens (tertiary/aromatic N) is 2. The Kier molecular flexibility index (Phi) is 7.56. The van der Waals surface area contributed by atoms with Crippen LogP contribution < -0.4 is 10.6 Å². The van der Waals surface area contributed by atoms with Crippen molar-refractivity contribution >= 4 is 21.9 Å². The number of rotatable bonds is 8. The molecule has 1 aromatic carbocycles. The summed E-state index contributed by atoms with van der Waals surface area (Å²) in [5.74, 6) is 1.65. The van der Waals surface area contributed by atoms with Gasteiger partial charge in [0, 0.05) is 43.7 Å². The zero-order valence-corrected chi connectivity index (χ0v) is 18.2. The lowest BCUT2D eigenvalue weighted by molar-refractivity contribution is 0.121. The van der Waals surface area contributed by atoms with Crippen LogP contribution in [0.5, 0.6) is 0 Å². The number of halogens is 1. The standard InChI is InChI=1S/C21H33BrN4O/c1-23-20(24-15-17-6-10-26(11-7-17)12-13-27-2)25-16-21(8-9-21)18-4-3-5-19(22)14-18/h3-5,14,17H,6-13,15-16H2,1-2H3,(H2,23,24,25). The molecule has 0 aromatic heterocycles. The van der Waals surface area contributed by atoms with Gasteiger partial charge in [-0.3, -0.25) is 4.99 Å². The van der Waals surface area contributed by atoms with Gasteiger partial charge < -0.3 is 20.3 Å². The molecule has 1 aliphatic carbocycles. The predicted molar refractivity (Wildman–Crippen MR) is 115 cm³/mol. The Bertz CT molecular complexity index is 624. The Morgan fingerprint density at radius 2 is 2.07 bits per heavy atom. The lowest BCUT2D eigenvalue weighted by atomic mass is 9.96. The van der Waals surface area contributed by atoms with Gasteiger partial charge in [0.2, 0.25) is 0 Å². The van der Waals surface area contributed by atoms with Gasteiger partial charge in [-0.15, -0.1) is 0 Å². The molecule has 0 atom stereocenters. The summed E-state index contributed by atoms with van der Waals surface area (Å²) in [6.07, 6.45) is 4.98. The highest BCUT2D eigenvalue weighted by molar-refractivity contribution is 9.10. The molecule has 6 heteroatoms. The monoisotopic (exact) mass is 436 g/mol. The van der Waals surface area contributed by atoms with Crippen LogP contribution in [-0.2, 0) is 10.2 Å². The van der Waals surface area contributed by atoms with Crippen LogP contribution >= 0.6 is 15.9 Å². The van der Waals surface area contributed by atoms with E-state index in [2.05, 4.69) is 60.7 Å². The number of hydrogen-bond acceptors (Lipinski definition) is 3. The Morgan fingerprint density at radius 3 is 2.70 bits per heavy atom. The SMILES string of the molecule is CN=C(NCC1CCN(CCOC)CC1)NCC1(c2cccc(Br)c2)CC1. The second kappa shape index (κ2) is 9.89. The number of benzene rings is 1. The molecule has 150 valence electrons. The minimum atomic E-state index is 0.272. The molecule has 27 heavy (non-hydrogen) atoms. The number of piperidine rings is 1. The lowest BCUT2D eigenvalue weighted by Crippen LogP contribution is -2.45. The maximum atomic E-state index is 5.18. The van der Waals surface area contributed by atoms with Crippen LogP contribution in [0.25, 0.3) is 0 Å². The van der Waals surface area contributed by atoms with Crippen LogP contribution in [0.3, 0.4) is 0 Å². The molecule has 0 bridgehead atoms. The molecule has 2 N–H and O–H groups in total. The summed E-state index contributed by atoms with van der Waals surface area (Å²) in [5.41, 5.74) is 1.69. The van der Waals surface area contributed by atoms with Crippen molar-refractivity contribution in [2.75, 3.05) is 53.5 Å². The molecule has 0 spiro atoms. The van der Waals surface area contributed by atoms with Crippen LogP contribution in [0.1, 0.15) is 31.2 Å². The Labute approximate surface area is 172 Å². The van der Waals surface area contributed by atoms with Gasteiger partial charge in [-0.05, 0) is 62.4 Å². The first-order chi connectivity index (χ1) is 13.1. The molecular formula is C21H33BrN4O. The van der Waals surface area contributed by atoms with E-state index in [4.69, 9.17) is 4.74 Å². The van der Waals surface area contributed by atoms with E-state index < -0.39 is 0 Å². The number of methoxy groups -OCH3 is 1. The van der Waals surface area contributed by atoms with Crippen molar-refractivity contribution in [1.29, 1.82) is 0 Å². The fourth-order valence-corrected chi connectivity index (χ4v) is 4.29. The van der Waals surface area contributed by atoms with E-state index in [0.29, 0.717) is 0 Å². The van der Waals surface area contributed by atoms with Gasteiger partial charge in [-0.25, -0.2) is 0 Å². The van der Waals surface area contributed by atoms with E-state index in [1.165, 1.54) is 44.3 Å². The topological polar surface area (TPSA) is 48.9 Å². The summed E-state index contributed by atoms with van der Waals surface area (Å²) in [5, 5.41) is 7.11. The van der Waals surface area contributed by atoms with Crippen molar-refractivity contribution in [3.05, 3.63) is 34.3 Å². The molecule has 0 radical (unpaired) electrons. The number of guanidine groups is 1. The van der Waals surface area contributed by atoms with Gasteiger partial charge in [0.25, 0.3) is 0 Å².